The number of aromatic nitrogens is 1. The Bertz CT molecular complexity index is 589. The van der Waals surface area contributed by atoms with Gasteiger partial charge in [-0.15, -0.1) is 0 Å². The van der Waals surface area contributed by atoms with E-state index in [4.69, 9.17) is 16.3 Å². The predicted molar refractivity (Wildman–Crippen MR) is 65.5 cm³/mol. The second-order valence-electron chi connectivity index (χ2n) is 3.55. The van der Waals surface area contributed by atoms with Crippen LogP contribution in [0.1, 0.15) is 12.5 Å². The SMILES string of the molecule is CCc1cc2cc(Cl)cc(OC)c2[nH]c1=O. The minimum atomic E-state index is -0.0735. The van der Waals surface area contributed by atoms with E-state index in [1.807, 2.05) is 19.1 Å². The number of H-pyrrole nitrogens is 1. The largest absolute Gasteiger partial charge is 0.494 e. The van der Waals surface area contributed by atoms with E-state index in [1.165, 1.54) is 0 Å². The van der Waals surface area contributed by atoms with Gasteiger partial charge in [-0.3, -0.25) is 4.79 Å². The van der Waals surface area contributed by atoms with Gasteiger partial charge in [-0.2, -0.15) is 0 Å². The van der Waals surface area contributed by atoms with E-state index in [0.29, 0.717) is 22.7 Å². The zero-order valence-electron chi connectivity index (χ0n) is 9.13. The molecule has 1 aromatic carbocycles. The standard InChI is InChI=1S/C12H12ClNO2/c1-3-7-4-8-5-9(13)6-10(16-2)11(8)14-12(7)15/h4-6H,3H2,1-2H3,(H,14,15). The van der Waals surface area contributed by atoms with Gasteiger partial charge in [-0.05, 0) is 18.6 Å². The lowest BCUT2D eigenvalue weighted by molar-refractivity contribution is 0.419. The number of methoxy groups -OCH3 is 1. The zero-order chi connectivity index (χ0) is 11.7. The van der Waals surface area contributed by atoms with Crippen molar-refractivity contribution >= 4 is 22.5 Å². The molecule has 0 aliphatic rings. The molecule has 2 rings (SSSR count). The first-order chi connectivity index (χ1) is 7.65. The molecule has 0 amide bonds. The third-order valence-electron chi connectivity index (χ3n) is 2.56. The number of aromatic amines is 1. The third kappa shape index (κ3) is 1.78. The van der Waals surface area contributed by atoms with Crippen LogP contribution in [-0.2, 0) is 6.42 Å². The lowest BCUT2D eigenvalue weighted by Gasteiger charge is -2.07. The highest BCUT2D eigenvalue weighted by atomic mass is 35.5. The average Bonchev–Trinajstić information content (AvgIpc) is 2.28. The molecule has 0 saturated carbocycles. The Morgan fingerprint density at radius 3 is 2.75 bits per heavy atom. The minimum Gasteiger partial charge on any atom is -0.494 e. The highest BCUT2D eigenvalue weighted by molar-refractivity contribution is 6.31. The number of ether oxygens (including phenoxy) is 1. The molecule has 0 unspecified atom stereocenters. The highest BCUT2D eigenvalue weighted by Crippen LogP contribution is 2.27. The smallest absolute Gasteiger partial charge is 0.251 e. The van der Waals surface area contributed by atoms with Gasteiger partial charge in [0.05, 0.1) is 12.6 Å². The van der Waals surface area contributed by atoms with E-state index in [1.54, 1.807) is 13.2 Å². The molecule has 0 fully saturated rings. The van der Waals surface area contributed by atoms with Crippen molar-refractivity contribution in [3.63, 3.8) is 0 Å². The van der Waals surface area contributed by atoms with Crippen molar-refractivity contribution in [3.05, 3.63) is 39.1 Å². The van der Waals surface area contributed by atoms with Crippen molar-refractivity contribution < 1.29 is 4.74 Å². The maximum Gasteiger partial charge on any atom is 0.251 e. The molecule has 0 bridgehead atoms. The number of rotatable bonds is 2. The van der Waals surface area contributed by atoms with E-state index >= 15 is 0 Å². The van der Waals surface area contributed by atoms with Crippen molar-refractivity contribution in [2.75, 3.05) is 7.11 Å². The lowest BCUT2D eigenvalue weighted by atomic mass is 10.1. The summed E-state index contributed by atoms with van der Waals surface area (Å²) in [5, 5.41) is 1.49. The quantitative estimate of drug-likeness (QED) is 0.873. The number of nitrogens with one attached hydrogen (secondary N) is 1. The first-order valence-electron chi connectivity index (χ1n) is 5.05. The van der Waals surface area contributed by atoms with Crippen molar-refractivity contribution in [2.45, 2.75) is 13.3 Å². The Morgan fingerprint density at radius 2 is 2.12 bits per heavy atom. The first-order valence-corrected chi connectivity index (χ1v) is 5.43. The highest BCUT2D eigenvalue weighted by Gasteiger charge is 2.07. The number of hydrogen-bond donors (Lipinski definition) is 1. The van der Waals surface area contributed by atoms with E-state index in [2.05, 4.69) is 4.98 Å². The Balaban J connectivity index is 2.84. The monoisotopic (exact) mass is 237 g/mol. The average molecular weight is 238 g/mol. The maximum atomic E-state index is 11.7. The second-order valence-corrected chi connectivity index (χ2v) is 3.99. The van der Waals surface area contributed by atoms with Gasteiger partial charge in [0.1, 0.15) is 5.75 Å². The fraction of sp³-hybridized carbons (Fsp3) is 0.250. The van der Waals surface area contributed by atoms with Gasteiger partial charge in [0, 0.05) is 22.0 Å². The molecule has 16 heavy (non-hydrogen) atoms. The van der Waals surface area contributed by atoms with E-state index in [9.17, 15) is 4.79 Å². The van der Waals surface area contributed by atoms with Gasteiger partial charge >= 0.3 is 0 Å². The predicted octanol–water partition coefficient (Wildman–Crippen LogP) is 2.75. The number of hydrogen-bond acceptors (Lipinski definition) is 2. The first kappa shape index (κ1) is 11.0. The summed E-state index contributed by atoms with van der Waals surface area (Å²) >= 11 is 5.97. The third-order valence-corrected chi connectivity index (χ3v) is 2.78. The van der Waals surface area contributed by atoms with E-state index in [-0.39, 0.29) is 5.56 Å². The number of aryl methyl sites for hydroxylation is 1. The van der Waals surface area contributed by atoms with Crippen LogP contribution in [0.4, 0.5) is 0 Å². The van der Waals surface area contributed by atoms with Crippen LogP contribution in [0.5, 0.6) is 5.75 Å². The van der Waals surface area contributed by atoms with Crippen LogP contribution in [0.25, 0.3) is 10.9 Å². The van der Waals surface area contributed by atoms with E-state index < -0.39 is 0 Å². The van der Waals surface area contributed by atoms with Gasteiger partial charge in [-0.1, -0.05) is 18.5 Å². The van der Waals surface area contributed by atoms with Crippen LogP contribution >= 0.6 is 11.6 Å². The fourth-order valence-electron chi connectivity index (χ4n) is 1.72. The van der Waals surface area contributed by atoms with E-state index in [0.717, 1.165) is 10.9 Å². The molecule has 0 saturated heterocycles. The molecule has 1 heterocycles. The van der Waals surface area contributed by atoms with Crippen LogP contribution in [0.15, 0.2) is 23.0 Å². The summed E-state index contributed by atoms with van der Waals surface area (Å²) in [5.41, 5.74) is 1.36. The molecule has 0 aliphatic heterocycles. The Hall–Kier alpha value is -1.48. The molecule has 0 spiro atoms. The normalized spacial score (nSPS) is 10.7. The molecule has 0 radical (unpaired) electrons. The molecular formula is C12H12ClNO2. The van der Waals surface area contributed by atoms with Gasteiger partial charge in [0.25, 0.3) is 5.56 Å². The van der Waals surface area contributed by atoms with Crippen LogP contribution in [0.3, 0.4) is 0 Å². The molecule has 1 N–H and O–H groups in total. The Labute approximate surface area is 98.0 Å². The van der Waals surface area contributed by atoms with Crippen LogP contribution in [0, 0.1) is 0 Å². The lowest BCUT2D eigenvalue weighted by Crippen LogP contribution is -2.11. The summed E-state index contributed by atoms with van der Waals surface area (Å²) in [6, 6.07) is 5.35. The van der Waals surface area contributed by atoms with Crippen LogP contribution in [-0.4, -0.2) is 12.1 Å². The summed E-state index contributed by atoms with van der Waals surface area (Å²) in [4.78, 5) is 14.5. The van der Waals surface area contributed by atoms with Gasteiger partial charge < -0.3 is 9.72 Å². The molecule has 1 aromatic heterocycles. The molecule has 0 atom stereocenters. The molecule has 84 valence electrons. The summed E-state index contributed by atoms with van der Waals surface area (Å²) in [7, 11) is 1.55. The number of fused-ring (bicyclic) bond motifs is 1. The minimum absolute atomic E-state index is 0.0735. The molecular weight excluding hydrogens is 226 g/mol. The van der Waals surface area contributed by atoms with Crippen molar-refractivity contribution in [1.29, 1.82) is 0 Å². The zero-order valence-corrected chi connectivity index (χ0v) is 9.89. The molecule has 3 nitrogen and oxygen atoms in total. The van der Waals surface area contributed by atoms with Crippen molar-refractivity contribution in [3.8, 4) is 5.75 Å². The second kappa shape index (κ2) is 4.18. The Kier molecular flexibility index (Phi) is 2.88. The molecule has 0 aliphatic carbocycles. The van der Waals surface area contributed by atoms with Crippen LogP contribution in [0.2, 0.25) is 5.02 Å². The van der Waals surface area contributed by atoms with Crippen LogP contribution < -0.4 is 10.3 Å². The number of pyridine rings is 1. The topological polar surface area (TPSA) is 42.1 Å². The van der Waals surface area contributed by atoms with Crippen molar-refractivity contribution in [1.82, 2.24) is 4.98 Å². The Morgan fingerprint density at radius 1 is 1.38 bits per heavy atom. The molecule has 2 aromatic rings. The summed E-state index contributed by atoms with van der Waals surface area (Å²) in [5.74, 6) is 0.585. The number of halogens is 1. The number of benzene rings is 1. The molecule has 4 heteroatoms. The van der Waals surface area contributed by atoms with Gasteiger partial charge in [0.2, 0.25) is 0 Å². The maximum absolute atomic E-state index is 11.7. The summed E-state index contributed by atoms with van der Waals surface area (Å²) in [6.07, 6.45) is 0.695. The van der Waals surface area contributed by atoms with Gasteiger partial charge in [0.15, 0.2) is 0 Å². The van der Waals surface area contributed by atoms with Gasteiger partial charge in [-0.25, -0.2) is 0 Å². The summed E-state index contributed by atoms with van der Waals surface area (Å²) < 4.78 is 5.18. The fourth-order valence-corrected chi connectivity index (χ4v) is 1.94. The summed E-state index contributed by atoms with van der Waals surface area (Å²) in [6.45, 7) is 1.94. The van der Waals surface area contributed by atoms with Crippen molar-refractivity contribution in [2.24, 2.45) is 0 Å².